The number of hydrogen-bond acceptors (Lipinski definition) is 6. The zero-order chi connectivity index (χ0) is 26.6. The molecule has 0 aliphatic rings. The highest BCUT2D eigenvalue weighted by Crippen LogP contribution is 2.42. The van der Waals surface area contributed by atoms with Crippen LogP contribution in [0.1, 0.15) is 12.0 Å². The van der Waals surface area contributed by atoms with Gasteiger partial charge in [0.25, 0.3) is 5.56 Å². The summed E-state index contributed by atoms with van der Waals surface area (Å²) >= 11 is 7.15. The molecule has 1 atom stereocenters. The molecule has 3 aromatic rings. The quantitative estimate of drug-likeness (QED) is 0.315. The molecule has 1 aromatic heterocycles. The van der Waals surface area contributed by atoms with E-state index < -0.39 is 23.4 Å². The minimum atomic E-state index is -4.60. The first-order valence-electron chi connectivity index (χ1n) is 11.3. The highest BCUT2D eigenvalue weighted by atomic mass is 35.5. The highest BCUT2D eigenvalue weighted by molar-refractivity contribution is 7.99. The van der Waals surface area contributed by atoms with Crippen molar-refractivity contribution in [1.29, 1.82) is 0 Å². The molecule has 0 aliphatic heterocycles. The lowest BCUT2D eigenvalue weighted by Crippen LogP contribution is -2.32. The van der Waals surface area contributed by atoms with Crippen LogP contribution >= 0.6 is 23.4 Å². The van der Waals surface area contributed by atoms with Crippen LogP contribution in [0.5, 0.6) is 5.75 Å². The average Bonchev–Trinajstić information content (AvgIpc) is 2.77. The Hall–Kier alpha value is -2.24. The number of phenolic OH excluding ortho intramolecular Hbond substituents is 1. The molecule has 2 aromatic carbocycles. The van der Waals surface area contributed by atoms with Gasteiger partial charge in [0.1, 0.15) is 5.75 Å². The van der Waals surface area contributed by atoms with Crippen molar-refractivity contribution in [3.63, 3.8) is 0 Å². The minimum absolute atomic E-state index is 0.0914. The van der Waals surface area contributed by atoms with E-state index in [9.17, 15) is 28.2 Å². The monoisotopic (exact) mass is 543 g/mol. The van der Waals surface area contributed by atoms with Gasteiger partial charge in [-0.2, -0.15) is 13.2 Å². The van der Waals surface area contributed by atoms with Gasteiger partial charge >= 0.3 is 6.18 Å². The van der Waals surface area contributed by atoms with E-state index in [0.717, 1.165) is 43.4 Å². The summed E-state index contributed by atoms with van der Waals surface area (Å²) in [7, 11) is 5.86. The van der Waals surface area contributed by atoms with Crippen LogP contribution in [0.25, 0.3) is 22.0 Å². The normalized spacial score (nSPS) is 13.2. The highest BCUT2D eigenvalue weighted by Gasteiger charge is 2.31. The van der Waals surface area contributed by atoms with Gasteiger partial charge in [-0.05, 0) is 77.1 Å². The molecule has 196 valence electrons. The molecule has 0 bridgehead atoms. The number of aromatic nitrogens is 1. The molecule has 11 heteroatoms. The predicted octanol–water partition coefficient (Wildman–Crippen LogP) is 4.91. The Morgan fingerprint density at radius 1 is 1.11 bits per heavy atom. The zero-order valence-electron chi connectivity index (χ0n) is 20.2. The number of H-pyrrole nitrogens is 1. The summed E-state index contributed by atoms with van der Waals surface area (Å²) < 4.78 is 40.5. The van der Waals surface area contributed by atoms with Crippen LogP contribution in [0.4, 0.5) is 13.2 Å². The fraction of sp³-hybridized carbons (Fsp3) is 0.400. The van der Waals surface area contributed by atoms with E-state index in [1.165, 1.54) is 24.3 Å². The number of alkyl halides is 3. The zero-order valence-corrected chi connectivity index (χ0v) is 21.8. The minimum Gasteiger partial charge on any atom is -0.507 e. The van der Waals surface area contributed by atoms with Gasteiger partial charge < -0.3 is 25.0 Å². The lowest BCUT2D eigenvalue weighted by molar-refractivity contribution is -0.137. The third-order valence-electron chi connectivity index (χ3n) is 5.61. The number of nitrogens with one attached hydrogen (secondary N) is 1. The van der Waals surface area contributed by atoms with Crippen molar-refractivity contribution in [1.82, 2.24) is 14.8 Å². The summed E-state index contributed by atoms with van der Waals surface area (Å²) in [5.74, 6) is -0.105. The summed E-state index contributed by atoms with van der Waals surface area (Å²) in [5.41, 5.74) is -0.965. The number of nitrogens with zero attached hydrogens (tertiary/aromatic N) is 2. The molecular weight excluding hydrogens is 515 g/mol. The lowest BCUT2D eigenvalue weighted by Gasteiger charge is -2.21. The van der Waals surface area contributed by atoms with Gasteiger partial charge in [-0.3, -0.25) is 4.79 Å². The Morgan fingerprint density at radius 3 is 2.50 bits per heavy atom. The number of benzene rings is 2. The molecule has 3 N–H and O–H groups in total. The number of pyridine rings is 1. The molecule has 0 fully saturated rings. The van der Waals surface area contributed by atoms with Crippen LogP contribution in [0.3, 0.4) is 0 Å². The maximum atomic E-state index is 13.5. The number of fused-ring (bicyclic) bond motifs is 1. The molecule has 0 spiro atoms. The Labute approximate surface area is 216 Å². The number of aromatic hydroxyl groups is 1. The van der Waals surface area contributed by atoms with Gasteiger partial charge in [-0.15, -0.1) is 11.8 Å². The first-order chi connectivity index (χ1) is 16.9. The predicted molar refractivity (Wildman–Crippen MR) is 139 cm³/mol. The summed E-state index contributed by atoms with van der Waals surface area (Å²) in [5, 5.41) is 21.5. The van der Waals surface area contributed by atoms with Gasteiger partial charge in [0.05, 0.1) is 16.6 Å². The summed E-state index contributed by atoms with van der Waals surface area (Å²) in [6.45, 7) is 2.05. The van der Waals surface area contributed by atoms with E-state index in [4.69, 9.17) is 11.6 Å². The third-order valence-corrected chi connectivity index (χ3v) is 7.08. The Morgan fingerprint density at radius 2 is 1.83 bits per heavy atom. The molecule has 0 saturated heterocycles. The van der Waals surface area contributed by atoms with Gasteiger partial charge in [-0.25, -0.2) is 0 Å². The number of rotatable bonds is 10. The second-order valence-corrected chi connectivity index (χ2v) is 10.4. The van der Waals surface area contributed by atoms with Crippen LogP contribution in [0.2, 0.25) is 5.02 Å². The molecule has 0 amide bonds. The van der Waals surface area contributed by atoms with E-state index in [2.05, 4.69) is 9.88 Å². The standard InChI is InChI=1S/C25H29ClF3N3O3S/c1-31(2)9-4-10-32(3)13-17(33)14-36-23-22(19-12-16(26)6-8-21(19)34)18-11-15(25(27,28)29)5-7-20(18)30-24(23)35/h5-8,11-12,17,33-34H,4,9-10,13-14H2,1-3H3,(H,30,35). The van der Waals surface area contributed by atoms with Crippen LogP contribution in [0, 0.1) is 0 Å². The molecular formula is C25H29ClF3N3O3S. The second kappa shape index (κ2) is 11.9. The molecule has 6 nitrogen and oxygen atoms in total. The molecule has 0 saturated carbocycles. The fourth-order valence-electron chi connectivity index (χ4n) is 3.91. The van der Waals surface area contributed by atoms with Crippen molar-refractivity contribution < 1.29 is 23.4 Å². The summed E-state index contributed by atoms with van der Waals surface area (Å²) in [4.78, 5) is 19.8. The average molecular weight is 544 g/mol. The van der Waals surface area contributed by atoms with Crippen molar-refractivity contribution in [2.24, 2.45) is 0 Å². The largest absolute Gasteiger partial charge is 0.507 e. The summed E-state index contributed by atoms with van der Waals surface area (Å²) in [6.07, 6.45) is -4.47. The topological polar surface area (TPSA) is 79.8 Å². The number of likely N-dealkylation sites (N-methyl/N-ethyl adjacent to an activating group) is 1. The maximum absolute atomic E-state index is 13.5. The van der Waals surface area contributed by atoms with Crippen LogP contribution < -0.4 is 5.56 Å². The van der Waals surface area contributed by atoms with Crippen LogP contribution in [-0.2, 0) is 6.18 Å². The smallest absolute Gasteiger partial charge is 0.416 e. The van der Waals surface area contributed by atoms with E-state index in [1.807, 2.05) is 26.0 Å². The number of aliphatic hydroxyl groups excluding tert-OH is 1. The van der Waals surface area contributed by atoms with Gasteiger partial charge in [-0.1, -0.05) is 11.6 Å². The second-order valence-electron chi connectivity index (χ2n) is 8.96. The molecule has 36 heavy (non-hydrogen) atoms. The van der Waals surface area contributed by atoms with E-state index >= 15 is 0 Å². The first-order valence-corrected chi connectivity index (χ1v) is 12.6. The first kappa shape index (κ1) is 28.3. The van der Waals surface area contributed by atoms with Gasteiger partial charge in [0.15, 0.2) is 0 Å². The molecule has 0 aliphatic carbocycles. The number of halogens is 4. The number of aromatic amines is 1. The SMILES string of the molecule is CN(C)CCCN(C)CC(O)CSc1c(-c2cc(Cl)ccc2O)c2cc(C(F)(F)F)ccc2[nH]c1=O. The number of thioether (sulfide) groups is 1. The number of aliphatic hydroxyl groups is 1. The van der Waals surface area contributed by atoms with Crippen LogP contribution in [-0.4, -0.2) is 77.6 Å². The number of phenols is 1. The maximum Gasteiger partial charge on any atom is 0.416 e. The van der Waals surface area contributed by atoms with Crippen molar-refractivity contribution in [2.75, 3.05) is 46.5 Å². The Bertz CT molecular complexity index is 1270. The number of hydrogen-bond donors (Lipinski definition) is 3. The molecule has 1 heterocycles. The summed E-state index contributed by atoms with van der Waals surface area (Å²) in [6, 6.07) is 7.20. The molecule has 1 unspecified atom stereocenters. The van der Waals surface area contributed by atoms with E-state index in [0.29, 0.717) is 6.54 Å². The van der Waals surface area contributed by atoms with Crippen molar-refractivity contribution in [2.45, 2.75) is 23.6 Å². The molecule has 3 rings (SSSR count). The Balaban J connectivity index is 1.99. The van der Waals surface area contributed by atoms with E-state index in [1.54, 1.807) is 0 Å². The van der Waals surface area contributed by atoms with E-state index in [-0.39, 0.29) is 43.5 Å². The van der Waals surface area contributed by atoms with Gasteiger partial charge in [0.2, 0.25) is 0 Å². The van der Waals surface area contributed by atoms with Crippen molar-refractivity contribution >= 4 is 34.3 Å². The lowest BCUT2D eigenvalue weighted by atomic mass is 9.98. The Kier molecular flexibility index (Phi) is 9.34. The van der Waals surface area contributed by atoms with Gasteiger partial charge in [0, 0.05) is 39.4 Å². The third kappa shape index (κ3) is 7.17. The van der Waals surface area contributed by atoms with Crippen molar-refractivity contribution in [3.8, 4) is 16.9 Å². The van der Waals surface area contributed by atoms with Crippen LogP contribution in [0.15, 0.2) is 46.1 Å². The fourth-order valence-corrected chi connectivity index (χ4v) is 5.09. The van der Waals surface area contributed by atoms with Crippen molar-refractivity contribution in [3.05, 3.63) is 57.3 Å². The molecule has 0 radical (unpaired) electrons.